The average Bonchev–Trinajstić information content (AvgIpc) is 2.96. The molecule has 0 aliphatic carbocycles. The summed E-state index contributed by atoms with van der Waals surface area (Å²) < 4.78 is 35.9. The molecule has 1 heterocycles. The van der Waals surface area contributed by atoms with Gasteiger partial charge in [-0.3, -0.25) is 0 Å². The number of carbonyl (C=O) groups is 1. The molecule has 0 saturated heterocycles. The number of benzene rings is 4. The van der Waals surface area contributed by atoms with Gasteiger partial charge in [-0.05, 0) is 66.4 Å². The molecule has 4 aromatic rings. The van der Waals surface area contributed by atoms with Gasteiger partial charge in [0.1, 0.15) is 47.1 Å². The summed E-state index contributed by atoms with van der Waals surface area (Å²) in [5, 5.41) is 9.87. The molecule has 7 nitrogen and oxygen atoms in total. The summed E-state index contributed by atoms with van der Waals surface area (Å²) in [6.07, 6.45) is 0. The number of hydrogen-bond donors (Lipinski definition) is 1. The molecular weight excluding hydrogens is 523 g/mol. The number of carbonyl (C=O) groups excluding carboxylic acids is 1. The van der Waals surface area contributed by atoms with Crippen molar-refractivity contribution in [1.29, 1.82) is 5.26 Å². The Balaban J connectivity index is 1.30. The largest absolute Gasteiger partial charge is 0.489 e. The van der Waals surface area contributed by atoms with Gasteiger partial charge in [-0.15, -0.1) is 0 Å². The van der Waals surface area contributed by atoms with Crippen molar-refractivity contribution in [3.8, 4) is 29.1 Å². The van der Waals surface area contributed by atoms with Crippen LogP contribution in [0.2, 0.25) is 0 Å². The van der Waals surface area contributed by atoms with Crippen LogP contribution in [0.4, 0.5) is 4.39 Å². The molecular formula is C33H27FN2O5. The molecule has 0 radical (unpaired) electrons. The monoisotopic (exact) mass is 550 g/mol. The van der Waals surface area contributed by atoms with E-state index < -0.39 is 11.9 Å². The van der Waals surface area contributed by atoms with Crippen molar-refractivity contribution in [3.05, 3.63) is 130 Å². The number of para-hydroxylation sites is 1. The first kappa shape index (κ1) is 27.3. The highest BCUT2D eigenvalue weighted by atomic mass is 19.1. The van der Waals surface area contributed by atoms with Crippen LogP contribution >= 0.6 is 0 Å². The van der Waals surface area contributed by atoms with Crippen LogP contribution in [0.25, 0.3) is 0 Å². The number of esters is 1. The Morgan fingerprint density at radius 2 is 1.63 bits per heavy atom. The van der Waals surface area contributed by atoms with Crippen LogP contribution in [0.5, 0.6) is 23.0 Å². The predicted octanol–water partition coefficient (Wildman–Crippen LogP) is 6.22. The minimum Gasteiger partial charge on any atom is -0.489 e. The molecule has 41 heavy (non-hydrogen) atoms. The van der Waals surface area contributed by atoms with Crippen molar-refractivity contribution in [3.63, 3.8) is 0 Å². The first-order valence-corrected chi connectivity index (χ1v) is 12.9. The maximum absolute atomic E-state index is 13.1. The maximum atomic E-state index is 13.1. The van der Waals surface area contributed by atoms with E-state index in [-0.39, 0.29) is 36.2 Å². The maximum Gasteiger partial charge on any atom is 0.349 e. The van der Waals surface area contributed by atoms with Crippen molar-refractivity contribution < 1.29 is 28.1 Å². The van der Waals surface area contributed by atoms with Crippen LogP contribution in [-0.2, 0) is 11.4 Å². The number of ether oxygens (including phenoxy) is 4. The molecule has 1 aliphatic rings. The molecule has 2 N–H and O–H groups in total. The summed E-state index contributed by atoms with van der Waals surface area (Å²) in [4.78, 5) is 12.5. The third kappa shape index (κ3) is 6.15. The number of nitrogens with zero attached hydrogens (tertiary/aromatic N) is 1. The molecule has 5 rings (SSSR count). The second kappa shape index (κ2) is 11.8. The third-order valence-corrected chi connectivity index (χ3v) is 6.70. The SMILES string of the molecule is Cc1cccc(C)c1OCC(=O)Oc1ccc2c(c1)OC(N)=C(C#N)C2c1ccc(OCc2ccc(F)cc2)cc1. The zero-order valence-corrected chi connectivity index (χ0v) is 22.5. The minimum atomic E-state index is -0.572. The number of allylic oxidation sites excluding steroid dienone is 1. The summed E-state index contributed by atoms with van der Waals surface area (Å²) >= 11 is 0. The summed E-state index contributed by atoms with van der Waals surface area (Å²) in [5.74, 6) is 0.511. The summed E-state index contributed by atoms with van der Waals surface area (Å²) in [7, 11) is 0. The van der Waals surface area contributed by atoms with Gasteiger partial charge in [0.2, 0.25) is 5.88 Å². The average molecular weight is 551 g/mol. The Hall–Kier alpha value is -5.29. The van der Waals surface area contributed by atoms with Gasteiger partial charge in [0, 0.05) is 11.6 Å². The van der Waals surface area contributed by atoms with Gasteiger partial charge in [0.05, 0.1) is 5.92 Å². The lowest BCUT2D eigenvalue weighted by atomic mass is 9.83. The molecule has 1 aliphatic heterocycles. The third-order valence-electron chi connectivity index (χ3n) is 6.70. The standard InChI is InChI=1S/C33H27FN2O5/c1-20-4-3-5-21(2)32(20)39-19-30(37)40-26-14-15-27-29(16-26)41-33(36)28(17-35)31(27)23-8-12-25(13-9-23)38-18-22-6-10-24(34)11-7-22/h3-16,31H,18-19,36H2,1-2H3. The lowest BCUT2D eigenvalue weighted by Gasteiger charge is -2.26. The van der Waals surface area contributed by atoms with Crippen molar-refractivity contribution in [2.75, 3.05) is 6.61 Å². The van der Waals surface area contributed by atoms with Crippen molar-refractivity contribution in [2.24, 2.45) is 5.73 Å². The van der Waals surface area contributed by atoms with Crippen molar-refractivity contribution in [1.82, 2.24) is 0 Å². The number of fused-ring (bicyclic) bond motifs is 1. The van der Waals surface area contributed by atoms with E-state index in [1.807, 2.05) is 44.2 Å². The molecule has 1 unspecified atom stereocenters. The van der Waals surface area contributed by atoms with Crippen LogP contribution in [0, 0.1) is 31.0 Å². The van der Waals surface area contributed by atoms with Crippen LogP contribution in [-0.4, -0.2) is 12.6 Å². The first-order valence-electron chi connectivity index (χ1n) is 12.9. The van der Waals surface area contributed by atoms with E-state index >= 15 is 0 Å². The molecule has 1 atom stereocenters. The Bertz CT molecular complexity index is 1640. The van der Waals surface area contributed by atoms with Gasteiger partial charge in [0.15, 0.2) is 6.61 Å². The van der Waals surface area contributed by atoms with Crippen LogP contribution in [0.15, 0.2) is 96.4 Å². The fourth-order valence-electron chi connectivity index (χ4n) is 4.66. The summed E-state index contributed by atoms with van der Waals surface area (Å²) in [6, 6.07) is 26.3. The number of halogens is 1. The van der Waals surface area contributed by atoms with E-state index in [2.05, 4.69) is 6.07 Å². The smallest absolute Gasteiger partial charge is 0.349 e. The highest BCUT2D eigenvalue weighted by Crippen LogP contribution is 2.43. The van der Waals surface area contributed by atoms with Crippen molar-refractivity contribution in [2.45, 2.75) is 26.4 Å². The molecule has 0 fully saturated rings. The van der Waals surface area contributed by atoms with E-state index in [0.29, 0.717) is 22.8 Å². The second-order valence-electron chi connectivity index (χ2n) is 9.59. The fraction of sp³-hybridized carbons (Fsp3) is 0.152. The van der Waals surface area contributed by atoms with E-state index in [0.717, 1.165) is 22.3 Å². The topological polar surface area (TPSA) is 104 Å². The number of rotatable bonds is 8. The van der Waals surface area contributed by atoms with Gasteiger partial charge in [-0.2, -0.15) is 5.26 Å². The number of hydrogen-bond acceptors (Lipinski definition) is 7. The van der Waals surface area contributed by atoms with Gasteiger partial charge in [-0.1, -0.05) is 48.5 Å². The quantitative estimate of drug-likeness (QED) is 0.205. The zero-order valence-electron chi connectivity index (χ0n) is 22.5. The van der Waals surface area contributed by atoms with E-state index in [4.69, 9.17) is 24.7 Å². The van der Waals surface area contributed by atoms with E-state index in [1.54, 1.807) is 42.5 Å². The van der Waals surface area contributed by atoms with Crippen molar-refractivity contribution >= 4 is 5.97 Å². The summed E-state index contributed by atoms with van der Waals surface area (Å²) in [5.41, 5.74) is 10.6. The molecule has 206 valence electrons. The number of nitriles is 1. The Labute approximate surface area is 237 Å². The van der Waals surface area contributed by atoms with Crippen LogP contribution in [0.3, 0.4) is 0 Å². The minimum absolute atomic E-state index is 0.0246. The molecule has 0 aromatic heterocycles. The molecule has 4 aromatic carbocycles. The Morgan fingerprint density at radius 1 is 0.951 bits per heavy atom. The number of aryl methyl sites for hydroxylation is 2. The van der Waals surface area contributed by atoms with Gasteiger partial charge < -0.3 is 24.7 Å². The van der Waals surface area contributed by atoms with E-state index in [9.17, 15) is 14.4 Å². The normalized spacial score (nSPS) is 14.0. The second-order valence-corrected chi connectivity index (χ2v) is 9.59. The molecule has 0 spiro atoms. The Kier molecular flexibility index (Phi) is 7.88. The molecule has 0 amide bonds. The van der Waals surface area contributed by atoms with Gasteiger partial charge in [-0.25, -0.2) is 9.18 Å². The molecule has 0 saturated carbocycles. The zero-order chi connectivity index (χ0) is 28.9. The van der Waals surface area contributed by atoms with Gasteiger partial charge >= 0.3 is 5.97 Å². The fourth-order valence-corrected chi connectivity index (χ4v) is 4.66. The van der Waals surface area contributed by atoms with Crippen LogP contribution in [0.1, 0.15) is 33.7 Å². The lowest BCUT2D eigenvalue weighted by molar-refractivity contribution is -0.136. The molecule has 0 bridgehead atoms. The lowest BCUT2D eigenvalue weighted by Crippen LogP contribution is -2.22. The Morgan fingerprint density at radius 3 is 2.32 bits per heavy atom. The summed E-state index contributed by atoms with van der Waals surface area (Å²) in [6.45, 7) is 3.84. The highest BCUT2D eigenvalue weighted by Gasteiger charge is 2.31. The van der Waals surface area contributed by atoms with E-state index in [1.165, 1.54) is 12.1 Å². The first-order chi connectivity index (χ1) is 19.8. The van der Waals surface area contributed by atoms with Crippen LogP contribution < -0.4 is 24.7 Å². The number of nitrogens with two attached hydrogens (primary N) is 1. The molecule has 8 heteroatoms. The highest BCUT2D eigenvalue weighted by molar-refractivity contribution is 5.74. The predicted molar refractivity (Wildman–Crippen MR) is 150 cm³/mol. The van der Waals surface area contributed by atoms with Gasteiger partial charge in [0.25, 0.3) is 0 Å².